The van der Waals surface area contributed by atoms with Gasteiger partial charge < -0.3 is 30.8 Å². The number of alkyl halides is 1. The molecule has 214 valence electrons. The SMILES string of the molecule is COc1cc(=O)c2c(=O)c3c(c(=O)c=2c1=O)=C(O)[C@]1(CCC2C1=C(O)c1c(cc(C=NNC(N)=S)[nH]c1=O)C2Br)C=3O. The molecule has 5 aliphatic carbocycles. The van der Waals surface area contributed by atoms with E-state index < -0.39 is 87.3 Å². The Hall–Kier alpha value is -4.63. The lowest BCUT2D eigenvalue weighted by molar-refractivity contribution is 0.340. The van der Waals surface area contributed by atoms with E-state index in [0.717, 1.165) is 13.2 Å². The number of rotatable bonds is 3. The Bertz CT molecular complexity index is 2320. The Labute approximate surface area is 246 Å². The predicted octanol–water partition coefficient (Wildman–Crippen LogP) is -1.25. The van der Waals surface area contributed by atoms with E-state index >= 15 is 0 Å². The minimum Gasteiger partial charge on any atom is -0.510 e. The van der Waals surface area contributed by atoms with Crippen LogP contribution in [0.3, 0.4) is 0 Å². The summed E-state index contributed by atoms with van der Waals surface area (Å²) < 4.78 is 4.89. The van der Waals surface area contributed by atoms with E-state index in [2.05, 4.69) is 31.4 Å². The number of methoxy groups -OCH3 is 1. The number of halogens is 1. The molecule has 15 heteroatoms. The monoisotopic (exact) mass is 654 g/mol. The van der Waals surface area contributed by atoms with Crippen molar-refractivity contribution in [1.82, 2.24) is 10.4 Å². The van der Waals surface area contributed by atoms with Crippen LogP contribution < -0.4 is 53.6 Å². The van der Waals surface area contributed by atoms with E-state index in [1.54, 1.807) is 6.07 Å². The van der Waals surface area contributed by atoms with Crippen molar-refractivity contribution in [1.29, 1.82) is 0 Å². The zero-order valence-corrected chi connectivity index (χ0v) is 23.8. The van der Waals surface area contributed by atoms with Crippen molar-refractivity contribution >= 4 is 56.8 Å². The number of nitrogens with two attached hydrogens (primary N) is 1. The van der Waals surface area contributed by atoms with Crippen molar-refractivity contribution in [2.45, 2.75) is 17.7 Å². The zero-order valence-electron chi connectivity index (χ0n) is 21.4. The minimum absolute atomic E-state index is 0.00951. The molecule has 0 bridgehead atoms. The maximum atomic E-state index is 13.6. The van der Waals surface area contributed by atoms with Crippen LogP contribution in [-0.4, -0.2) is 38.7 Å². The first-order valence-electron chi connectivity index (χ1n) is 12.4. The summed E-state index contributed by atoms with van der Waals surface area (Å²) in [6, 6.07) is 2.34. The van der Waals surface area contributed by atoms with Crippen LogP contribution in [-0.2, 0) is 0 Å². The summed E-state index contributed by atoms with van der Waals surface area (Å²) in [5.41, 5.74) is 1.27. The molecule has 3 atom stereocenters. The molecule has 2 unspecified atom stereocenters. The van der Waals surface area contributed by atoms with Crippen molar-refractivity contribution in [3.8, 4) is 5.75 Å². The Morgan fingerprint density at radius 3 is 2.36 bits per heavy atom. The number of nitrogens with zero attached hydrogens (tertiary/aromatic N) is 1. The molecule has 0 aromatic carbocycles. The number of hydrogen-bond donors (Lipinski definition) is 6. The Morgan fingerprint density at radius 1 is 1.10 bits per heavy atom. The number of hydrogen-bond acceptors (Lipinski definition) is 11. The maximum Gasteiger partial charge on any atom is 0.259 e. The molecule has 1 aromatic heterocycles. The van der Waals surface area contributed by atoms with E-state index in [-0.39, 0.29) is 34.8 Å². The van der Waals surface area contributed by atoms with Gasteiger partial charge in [0.05, 0.1) is 45.5 Å². The third-order valence-corrected chi connectivity index (χ3v) is 9.36. The highest BCUT2D eigenvalue weighted by Gasteiger charge is 2.58. The van der Waals surface area contributed by atoms with Crippen molar-refractivity contribution in [3.63, 3.8) is 0 Å². The number of aromatic amines is 1. The molecule has 1 fully saturated rings. The predicted molar refractivity (Wildman–Crippen MR) is 158 cm³/mol. The van der Waals surface area contributed by atoms with Gasteiger partial charge in [0.2, 0.25) is 16.3 Å². The molecule has 0 radical (unpaired) electrons. The number of nitrogens with one attached hydrogen (secondary N) is 2. The lowest BCUT2D eigenvalue weighted by atomic mass is 9.73. The fourth-order valence-electron chi connectivity index (χ4n) is 6.46. The molecular weight excluding hydrogens is 636 g/mol. The van der Waals surface area contributed by atoms with Gasteiger partial charge in [0.25, 0.3) is 5.56 Å². The van der Waals surface area contributed by atoms with Gasteiger partial charge >= 0.3 is 0 Å². The van der Waals surface area contributed by atoms with Gasteiger partial charge in [0, 0.05) is 16.8 Å². The Kier molecular flexibility index (Phi) is 6.02. The average molecular weight is 655 g/mol. The average Bonchev–Trinajstić information content (AvgIpc) is 3.44. The summed E-state index contributed by atoms with van der Waals surface area (Å²) in [5.74, 6) is -3.15. The van der Waals surface area contributed by atoms with E-state index in [9.17, 15) is 39.3 Å². The minimum atomic E-state index is -1.96. The molecule has 0 aliphatic heterocycles. The van der Waals surface area contributed by atoms with E-state index in [1.165, 1.54) is 6.21 Å². The zero-order chi connectivity index (χ0) is 30.4. The van der Waals surface area contributed by atoms with Gasteiger partial charge in [-0.3, -0.25) is 29.4 Å². The van der Waals surface area contributed by atoms with Crippen LogP contribution in [0, 0.1) is 21.8 Å². The van der Waals surface area contributed by atoms with Crippen molar-refractivity contribution < 1.29 is 20.1 Å². The van der Waals surface area contributed by atoms with Crippen LogP contribution >= 0.6 is 28.1 Å². The summed E-state index contributed by atoms with van der Waals surface area (Å²) in [6.07, 6.45) is 1.42. The number of aromatic nitrogens is 1. The topological polar surface area (TPSA) is 221 Å². The van der Waals surface area contributed by atoms with Crippen molar-refractivity contribution in [3.05, 3.63) is 107 Å². The molecule has 13 nitrogen and oxygen atoms in total. The van der Waals surface area contributed by atoms with Crippen LogP contribution in [0.1, 0.15) is 34.5 Å². The Balaban J connectivity index is 1.68. The smallest absolute Gasteiger partial charge is 0.259 e. The molecule has 1 spiro atoms. The normalized spacial score (nSPS) is 22.6. The molecule has 1 aromatic rings. The molecular formula is C27H19BrN4O9S. The van der Waals surface area contributed by atoms with Crippen LogP contribution in [0.4, 0.5) is 0 Å². The molecule has 0 amide bonds. The van der Waals surface area contributed by atoms with Gasteiger partial charge in [-0.25, -0.2) is 0 Å². The number of aliphatic hydroxyl groups excluding tert-OH is 3. The number of aliphatic hydroxyl groups is 3. The molecule has 1 saturated carbocycles. The molecule has 6 rings (SSSR count). The van der Waals surface area contributed by atoms with Gasteiger partial charge in [0.1, 0.15) is 22.7 Å². The van der Waals surface area contributed by atoms with Gasteiger partial charge in [-0.15, -0.1) is 0 Å². The van der Waals surface area contributed by atoms with Crippen LogP contribution in [0.5, 0.6) is 5.75 Å². The lowest BCUT2D eigenvalue weighted by Crippen LogP contribution is -2.51. The lowest BCUT2D eigenvalue weighted by Gasteiger charge is -2.34. The standard InChI is InChI=1S/C27H19BrN4O9S/c1-41-11-5-10(33)13-14(19(11)34)21(36)16-15(20(13)35)23(38)27(24(16)39)3-2-8-17(27)22(37)12-9(18(8)28)4-7(31-25(12)40)6-30-32-26(29)42/h4-6,8,18,37-39H,2-3H2,1H3,(H,31,40)(H3,29,32,42)/t8?,18?,27-/m0/s1. The van der Waals surface area contributed by atoms with Crippen molar-refractivity contribution in [2.75, 3.05) is 7.11 Å². The first-order chi connectivity index (χ1) is 19.9. The van der Waals surface area contributed by atoms with E-state index in [1.807, 2.05) is 0 Å². The highest BCUT2D eigenvalue weighted by Crippen LogP contribution is 2.63. The highest BCUT2D eigenvalue weighted by molar-refractivity contribution is 9.09. The first-order valence-corrected chi connectivity index (χ1v) is 13.7. The van der Waals surface area contributed by atoms with Gasteiger partial charge in [0.15, 0.2) is 16.3 Å². The van der Waals surface area contributed by atoms with Crippen molar-refractivity contribution in [2.24, 2.45) is 22.2 Å². The maximum absolute atomic E-state index is 13.6. The van der Waals surface area contributed by atoms with Gasteiger partial charge in [-0.1, -0.05) is 15.9 Å². The van der Waals surface area contributed by atoms with Crippen LogP contribution in [0.25, 0.3) is 17.3 Å². The third kappa shape index (κ3) is 3.37. The molecule has 5 aliphatic rings. The quantitative estimate of drug-likeness (QED) is 0.0844. The molecule has 0 saturated heterocycles. The van der Waals surface area contributed by atoms with Gasteiger partial charge in [-0.2, -0.15) is 5.10 Å². The number of ether oxygens (including phenoxy) is 1. The largest absolute Gasteiger partial charge is 0.510 e. The summed E-state index contributed by atoms with van der Waals surface area (Å²) in [6.45, 7) is 0. The summed E-state index contributed by atoms with van der Waals surface area (Å²) in [5, 5.41) is 35.6. The highest BCUT2D eigenvalue weighted by atomic mass is 79.9. The second-order valence-corrected chi connectivity index (χ2v) is 11.5. The van der Waals surface area contributed by atoms with Crippen LogP contribution in [0.15, 0.2) is 46.8 Å². The molecule has 7 N–H and O–H groups in total. The number of H-pyrrole nitrogens is 1. The second kappa shape index (κ2) is 9.19. The fraction of sp³-hybridized carbons (Fsp3) is 0.222. The third-order valence-electron chi connectivity index (χ3n) is 8.14. The summed E-state index contributed by atoms with van der Waals surface area (Å²) in [7, 11) is 1.12. The Morgan fingerprint density at radius 2 is 1.74 bits per heavy atom. The number of pyridine rings is 1. The summed E-state index contributed by atoms with van der Waals surface area (Å²) in [4.78, 5) is 68.0. The molecule has 1 heterocycles. The summed E-state index contributed by atoms with van der Waals surface area (Å²) >= 11 is 8.28. The fourth-order valence-corrected chi connectivity index (χ4v) is 7.40. The van der Waals surface area contributed by atoms with Gasteiger partial charge in [-0.05, 0) is 42.3 Å². The van der Waals surface area contributed by atoms with E-state index in [4.69, 9.17) is 22.7 Å². The first kappa shape index (κ1) is 27.5. The van der Waals surface area contributed by atoms with E-state index in [0.29, 0.717) is 5.56 Å². The number of fused-ring (bicyclic) bond motifs is 4. The number of thiocarbonyl (C=S) groups is 1. The molecule has 42 heavy (non-hydrogen) atoms. The number of hydrazone groups is 1. The second-order valence-electron chi connectivity index (χ2n) is 10.1. The van der Waals surface area contributed by atoms with Crippen LogP contribution in [0.2, 0.25) is 0 Å².